The summed E-state index contributed by atoms with van der Waals surface area (Å²) in [7, 11) is 2.65. The quantitative estimate of drug-likeness (QED) is 0.535. The van der Waals surface area contributed by atoms with Gasteiger partial charge in [0.2, 0.25) is 0 Å². The molecule has 0 bridgehead atoms. The summed E-state index contributed by atoms with van der Waals surface area (Å²) in [6, 6.07) is 0. The number of methoxy groups -OCH3 is 1. The van der Waals surface area contributed by atoms with Crippen molar-refractivity contribution < 1.29 is 14.3 Å². The Bertz CT molecular complexity index is 338. The van der Waals surface area contributed by atoms with Crippen molar-refractivity contribution in [3.8, 4) is 0 Å². The van der Waals surface area contributed by atoms with E-state index in [0.717, 1.165) is 0 Å². The number of nitrogens with two attached hydrogens (primary N) is 1. The molecule has 0 aliphatic carbocycles. The standard InChI is InChI=1S/C7H10N4O3/c1-9-6(12)4-3(8)5(11-10-4)7(13)14-2/h8H2,1-2H3,(H,9,12)(H,10,11). The topological polar surface area (TPSA) is 110 Å². The molecule has 0 atom stereocenters. The lowest BCUT2D eigenvalue weighted by Gasteiger charge is -1.97. The van der Waals surface area contributed by atoms with Crippen LogP contribution in [0.1, 0.15) is 21.0 Å². The molecule has 7 heteroatoms. The summed E-state index contributed by atoms with van der Waals surface area (Å²) in [6.45, 7) is 0. The first kappa shape index (κ1) is 10.0. The minimum Gasteiger partial charge on any atom is -0.464 e. The van der Waals surface area contributed by atoms with Gasteiger partial charge in [-0.2, -0.15) is 5.10 Å². The lowest BCUT2D eigenvalue weighted by atomic mass is 10.3. The Labute approximate surface area is 79.6 Å². The number of hydrogen-bond acceptors (Lipinski definition) is 5. The largest absolute Gasteiger partial charge is 0.464 e. The average Bonchev–Trinajstić information content (AvgIpc) is 2.58. The highest BCUT2D eigenvalue weighted by Crippen LogP contribution is 2.14. The molecule has 1 aromatic rings. The van der Waals surface area contributed by atoms with Crippen molar-refractivity contribution in [1.82, 2.24) is 15.5 Å². The number of H-pyrrole nitrogens is 1. The number of aromatic amines is 1. The van der Waals surface area contributed by atoms with Gasteiger partial charge in [0.25, 0.3) is 5.91 Å². The first-order valence-electron chi connectivity index (χ1n) is 3.76. The summed E-state index contributed by atoms with van der Waals surface area (Å²) in [5, 5.41) is 8.26. The van der Waals surface area contributed by atoms with Crippen LogP contribution in [0.5, 0.6) is 0 Å². The highest BCUT2D eigenvalue weighted by atomic mass is 16.5. The maximum absolute atomic E-state index is 11.1. The van der Waals surface area contributed by atoms with Crippen molar-refractivity contribution in [3.05, 3.63) is 11.4 Å². The molecule has 0 aromatic carbocycles. The first-order valence-corrected chi connectivity index (χ1v) is 3.76. The van der Waals surface area contributed by atoms with E-state index in [1.54, 1.807) is 0 Å². The fourth-order valence-electron chi connectivity index (χ4n) is 0.900. The van der Waals surface area contributed by atoms with Crippen LogP contribution in [0.3, 0.4) is 0 Å². The molecule has 0 aliphatic heterocycles. The van der Waals surface area contributed by atoms with Gasteiger partial charge < -0.3 is 15.8 Å². The summed E-state index contributed by atoms with van der Waals surface area (Å²) in [4.78, 5) is 22.2. The molecule has 7 nitrogen and oxygen atoms in total. The minimum absolute atomic E-state index is 0.0174. The van der Waals surface area contributed by atoms with E-state index in [9.17, 15) is 9.59 Å². The van der Waals surface area contributed by atoms with Crippen LogP contribution in [0.4, 0.5) is 5.69 Å². The van der Waals surface area contributed by atoms with Gasteiger partial charge in [-0.15, -0.1) is 0 Å². The van der Waals surface area contributed by atoms with Crippen LogP contribution in [-0.4, -0.2) is 36.2 Å². The second-order valence-corrected chi connectivity index (χ2v) is 2.43. The highest BCUT2D eigenvalue weighted by Gasteiger charge is 2.20. The molecular weight excluding hydrogens is 188 g/mol. The molecule has 4 N–H and O–H groups in total. The maximum atomic E-state index is 11.1. The first-order chi connectivity index (χ1) is 6.61. The number of esters is 1. The maximum Gasteiger partial charge on any atom is 0.358 e. The third kappa shape index (κ3) is 1.51. The van der Waals surface area contributed by atoms with Crippen LogP contribution in [0.15, 0.2) is 0 Å². The number of nitrogens with one attached hydrogen (secondary N) is 2. The van der Waals surface area contributed by atoms with Crippen molar-refractivity contribution in [2.24, 2.45) is 0 Å². The van der Waals surface area contributed by atoms with Crippen LogP contribution >= 0.6 is 0 Å². The molecule has 14 heavy (non-hydrogen) atoms. The number of nitrogen functional groups attached to an aromatic ring is 1. The van der Waals surface area contributed by atoms with Gasteiger partial charge in [0.1, 0.15) is 0 Å². The SMILES string of the molecule is CNC(=O)c1n[nH]c(C(=O)OC)c1N. The van der Waals surface area contributed by atoms with Gasteiger partial charge in [-0.25, -0.2) is 4.79 Å². The number of carbonyl (C=O) groups is 2. The molecule has 0 radical (unpaired) electrons. The van der Waals surface area contributed by atoms with E-state index in [4.69, 9.17) is 5.73 Å². The zero-order valence-electron chi connectivity index (χ0n) is 7.75. The molecular formula is C7H10N4O3. The van der Waals surface area contributed by atoms with Gasteiger partial charge in [0.05, 0.1) is 12.8 Å². The van der Waals surface area contributed by atoms with E-state index in [0.29, 0.717) is 0 Å². The fourth-order valence-corrected chi connectivity index (χ4v) is 0.900. The monoisotopic (exact) mass is 198 g/mol. The van der Waals surface area contributed by atoms with Gasteiger partial charge in [0, 0.05) is 7.05 Å². The molecule has 0 saturated carbocycles. The normalized spacial score (nSPS) is 9.57. The number of rotatable bonds is 2. The van der Waals surface area contributed by atoms with Crippen molar-refractivity contribution >= 4 is 17.6 Å². The van der Waals surface area contributed by atoms with Crippen molar-refractivity contribution in [1.29, 1.82) is 0 Å². The average molecular weight is 198 g/mol. The predicted molar refractivity (Wildman–Crippen MR) is 47.7 cm³/mol. The zero-order chi connectivity index (χ0) is 10.7. The van der Waals surface area contributed by atoms with E-state index in [1.165, 1.54) is 14.2 Å². The lowest BCUT2D eigenvalue weighted by molar-refractivity contribution is 0.0595. The number of amides is 1. The minimum atomic E-state index is -0.662. The molecule has 1 aromatic heterocycles. The van der Waals surface area contributed by atoms with Crippen molar-refractivity contribution in [3.63, 3.8) is 0 Å². The van der Waals surface area contributed by atoms with Crippen LogP contribution in [0, 0.1) is 0 Å². The Morgan fingerprint density at radius 3 is 2.71 bits per heavy atom. The van der Waals surface area contributed by atoms with Crippen LogP contribution in [-0.2, 0) is 4.74 Å². The van der Waals surface area contributed by atoms with Crippen LogP contribution < -0.4 is 11.1 Å². The second kappa shape index (κ2) is 3.77. The Morgan fingerprint density at radius 2 is 2.21 bits per heavy atom. The zero-order valence-corrected chi connectivity index (χ0v) is 7.75. The Balaban J connectivity index is 3.08. The number of aromatic nitrogens is 2. The van der Waals surface area contributed by atoms with Gasteiger partial charge in [-0.3, -0.25) is 9.89 Å². The van der Waals surface area contributed by atoms with Crippen molar-refractivity contribution in [2.45, 2.75) is 0 Å². The number of hydrogen-bond donors (Lipinski definition) is 3. The number of ether oxygens (including phenoxy) is 1. The molecule has 0 spiro atoms. The molecule has 0 saturated heterocycles. The predicted octanol–water partition coefficient (Wildman–Crippen LogP) is -0.862. The van der Waals surface area contributed by atoms with Gasteiger partial charge >= 0.3 is 5.97 Å². The lowest BCUT2D eigenvalue weighted by Crippen LogP contribution is -2.19. The number of carbonyl (C=O) groups excluding carboxylic acids is 2. The molecule has 1 rings (SSSR count). The van der Waals surface area contributed by atoms with E-state index < -0.39 is 11.9 Å². The fraction of sp³-hybridized carbons (Fsp3) is 0.286. The van der Waals surface area contributed by atoms with E-state index in [2.05, 4.69) is 20.3 Å². The third-order valence-electron chi connectivity index (χ3n) is 1.64. The smallest absolute Gasteiger partial charge is 0.358 e. The van der Waals surface area contributed by atoms with E-state index in [-0.39, 0.29) is 17.1 Å². The van der Waals surface area contributed by atoms with E-state index >= 15 is 0 Å². The third-order valence-corrected chi connectivity index (χ3v) is 1.64. The number of nitrogens with zero attached hydrogens (tertiary/aromatic N) is 1. The van der Waals surface area contributed by atoms with Crippen molar-refractivity contribution in [2.75, 3.05) is 19.9 Å². The molecule has 0 aliphatic rings. The van der Waals surface area contributed by atoms with Gasteiger partial charge in [-0.05, 0) is 0 Å². The Hall–Kier alpha value is -2.05. The van der Waals surface area contributed by atoms with Gasteiger partial charge in [-0.1, -0.05) is 0 Å². The molecule has 1 heterocycles. The van der Waals surface area contributed by atoms with Crippen LogP contribution in [0.25, 0.3) is 0 Å². The van der Waals surface area contributed by atoms with Gasteiger partial charge in [0.15, 0.2) is 11.4 Å². The van der Waals surface area contributed by atoms with E-state index in [1.807, 2.05) is 0 Å². The second-order valence-electron chi connectivity index (χ2n) is 2.43. The molecule has 76 valence electrons. The number of anilines is 1. The Kier molecular flexibility index (Phi) is 2.70. The molecule has 0 fully saturated rings. The van der Waals surface area contributed by atoms with Crippen LogP contribution in [0.2, 0.25) is 0 Å². The summed E-state index contributed by atoms with van der Waals surface area (Å²) in [6.07, 6.45) is 0. The summed E-state index contributed by atoms with van der Waals surface area (Å²) >= 11 is 0. The summed E-state index contributed by atoms with van der Waals surface area (Å²) in [5.41, 5.74) is 5.44. The molecule has 0 unspecified atom stereocenters. The summed E-state index contributed by atoms with van der Waals surface area (Å²) in [5.74, 6) is -1.13. The highest BCUT2D eigenvalue weighted by molar-refractivity contribution is 6.03. The Morgan fingerprint density at radius 1 is 1.57 bits per heavy atom. The summed E-state index contributed by atoms with van der Waals surface area (Å²) < 4.78 is 4.42. The molecule has 1 amide bonds.